The maximum Gasteiger partial charge on any atom is 0.243 e. The van der Waals surface area contributed by atoms with Gasteiger partial charge >= 0.3 is 0 Å². The van der Waals surface area contributed by atoms with Gasteiger partial charge in [-0.15, -0.1) is 0 Å². The van der Waals surface area contributed by atoms with Crippen molar-refractivity contribution in [1.29, 1.82) is 0 Å². The molecule has 9 heteroatoms. The number of likely N-dealkylation sites (N-methyl/N-ethyl adjacent to an activating group) is 1. The van der Waals surface area contributed by atoms with Gasteiger partial charge in [-0.25, -0.2) is 12.8 Å². The zero-order valence-electron chi connectivity index (χ0n) is 14.9. The van der Waals surface area contributed by atoms with Crippen LogP contribution < -0.4 is 10.1 Å². The third kappa shape index (κ3) is 5.41. The Morgan fingerprint density at radius 3 is 2.56 bits per heavy atom. The van der Waals surface area contributed by atoms with Crippen LogP contribution in [0.1, 0.15) is 13.8 Å². The zero-order valence-corrected chi connectivity index (χ0v) is 16.5. The van der Waals surface area contributed by atoms with Crippen LogP contribution in [-0.4, -0.2) is 38.3 Å². The van der Waals surface area contributed by atoms with Crippen molar-refractivity contribution in [2.45, 2.75) is 18.7 Å². The standard InChI is InChI=1S/C18H20ClFN2O4S/c1-3-22(12-18(23)21-14-7-5-6-13(20)10-14)27(24,25)15-8-9-17(26-4-2)16(19)11-15/h5-11H,3-4,12H2,1-2H3,(H,21,23). The number of amides is 1. The van der Waals surface area contributed by atoms with E-state index in [0.717, 1.165) is 10.4 Å². The fourth-order valence-corrected chi connectivity index (χ4v) is 4.09. The van der Waals surface area contributed by atoms with Gasteiger partial charge in [0, 0.05) is 12.2 Å². The number of nitrogens with zero attached hydrogens (tertiary/aromatic N) is 1. The Morgan fingerprint density at radius 1 is 1.22 bits per heavy atom. The van der Waals surface area contributed by atoms with Crippen molar-refractivity contribution in [3.05, 3.63) is 53.3 Å². The molecule has 0 aliphatic heterocycles. The summed E-state index contributed by atoms with van der Waals surface area (Å²) in [6.45, 7) is 3.46. The summed E-state index contributed by atoms with van der Waals surface area (Å²) in [7, 11) is -3.94. The molecule has 146 valence electrons. The minimum Gasteiger partial charge on any atom is -0.492 e. The average Bonchev–Trinajstić information content (AvgIpc) is 2.61. The summed E-state index contributed by atoms with van der Waals surface area (Å²) in [5.41, 5.74) is 0.248. The number of anilines is 1. The second-order valence-corrected chi connectivity index (χ2v) is 7.86. The lowest BCUT2D eigenvalue weighted by Crippen LogP contribution is -2.37. The number of carbonyl (C=O) groups excluding carboxylic acids is 1. The lowest BCUT2D eigenvalue weighted by Gasteiger charge is -2.20. The molecule has 0 bridgehead atoms. The number of rotatable bonds is 8. The van der Waals surface area contributed by atoms with Gasteiger partial charge in [-0.2, -0.15) is 4.31 Å². The first-order valence-corrected chi connectivity index (χ1v) is 10.1. The van der Waals surface area contributed by atoms with Crippen LogP contribution in [0, 0.1) is 5.82 Å². The highest BCUT2D eigenvalue weighted by atomic mass is 35.5. The van der Waals surface area contributed by atoms with Gasteiger partial charge in [0.25, 0.3) is 0 Å². The first-order chi connectivity index (χ1) is 12.8. The Labute approximate surface area is 162 Å². The topological polar surface area (TPSA) is 75.7 Å². The number of hydrogen-bond acceptors (Lipinski definition) is 4. The molecule has 0 heterocycles. The fourth-order valence-electron chi connectivity index (χ4n) is 2.36. The molecule has 2 aromatic carbocycles. The number of carbonyl (C=O) groups is 1. The van der Waals surface area contributed by atoms with E-state index in [1.807, 2.05) is 0 Å². The largest absolute Gasteiger partial charge is 0.492 e. The highest BCUT2D eigenvalue weighted by Gasteiger charge is 2.26. The summed E-state index contributed by atoms with van der Waals surface area (Å²) < 4.78 is 45.1. The molecular formula is C18H20ClFN2O4S. The third-order valence-electron chi connectivity index (χ3n) is 3.62. The van der Waals surface area contributed by atoms with Gasteiger partial charge in [-0.3, -0.25) is 4.79 Å². The predicted octanol–water partition coefficient (Wildman–Crippen LogP) is 3.53. The molecule has 0 aliphatic carbocycles. The predicted molar refractivity (Wildman–Crippen MR) is 102 cm³/mol. The van der Waals surface area contributed by atoms with E-state index in [2.05, 4.69) is 5.32 Å². The smallest absolute Gasteiger partial charge is 0.243 e. The molecule has 0 unspecified atom stereocenters. The number of hydrogen-bond donors (Lipinski definition) is 1. The van der Waals surface area contributed by atoms with Crippen LogP contribution in [0.2, 0.25) is 5.02 Å². The summed E-state index contributed by atoms with van der Waals surface area (Å²) in [5.74, 6) is -0.704. The Balaban J connectivity index is 2.17. The van der Waals surface area contributed by atoms with Crippen molar-refractivity contribution in [1.82, 2.24) is 4.31 Å². The number of benzene rings is 2. The summed E-state index contributed by atoms with van der Waals surface area (Å²) in [6.07, 6.45) is 0. The Morgan fingerprint density at radius 2 is 1.96 bits per heavy atom. The Kier molecular flexibility index (Phi) is 7.18. The molecule has 0 radical (unpaired) electrons. The lowest BCUT2D eigenvalue weighted by atomic mass is 10.3. The first-order valence-electron chi connectivity index (χ1n) is 8.25. The molecule has 0 spiro atoms. The van der Waals surface area contributed by atoms with E-state index in [1.165, 1.54) is 36.4 Å². The van der Waals surface area contributed by atoms with Crippen molar-refractivity contribution in [2.24, 2.45) is 0 Å². The number of nitrogens with one attached hydrogen (secondary N) is 1. The molecule has 0 atom stereocenters. The van der Waals surface area contributed by atoms with E-state index in [4.69, 9.17) is 16.3 Å². The summed E-state index contributed by atoms with van der Waals surface area (Å²) in [4.78, 5) is 12.1. The second-order valence-electron chi connectivity index (χ2n) is 5.51. The lowest BCUT2D eigenvalue weighted by molar-refractivity contribution is -0.116. The van der Waals surface area contributed by atoms with Crippen LogP contribution in [0.4, 0.5) is 10.1 Å². The maximum absolute atomic E-state index is 13.2. The van der Waals surface area contributed by atoms with Gasteiger partial charge < -0.3 is 10.1 Å². The summed E-state index contributed by atoms with van der Waals surface area (Å²) in [5, 5.41) is 2.64. The van der Waals surface area contributed by atoms with Crippen LogP contribution in [0.15, 0.2) is 47.4 Å². The SMILES string of the molecule is CCOc1ccc(S(=O)(=O)N(CC)CC(=O)Nc2cccc(F)c2)cc1Cl. The molecule has 1 amide bonds. The Bertz CT molecular complexity index is 921. The number of halogens is 2. The van der Waals surface area contributed by atoms with Gasteiger partial charge in [0.15, 0.2) is 0 Å². The van der Waals surface area contributed by atoms with Crippen LogP contribution in [0.25, 0.3) is 0 Å². The van der Waals surface area contributed by atoms with Crippen molar-refractivity contribution >= 4 is 33.2 Å². The monoisotopic (exact) mass is 414 g/mol. The summed E-state index contributed by atoms with van der Waals surface area (Å²) in [6, 6.07) is 9.48. The molecule has 0 saturated heterocycles. The normalized spacial score (nSPS) is 11.4. The van der Waals surface area contributed by atoms with Crippen molar-refractivity contribution in [3.8, 4) is 5.75 Å². The molecule has 6 nitrogen and oxygen atoms in total. The average molecular weight is 415 g/mol. The molecule has 0 aromatic heterocycles. The van der Waals surface area contributed by atoms with E-state index in [1.54, 1.807) is 13.8 Å². The fraction of sp³-hybridized carbons (Fsp3) is 0.278. The minimum atomic E-state index is -3.94. The second kappa shape index (κ2) is 9.16. The maximum atomic E-state index is 13.2. The molecule has 0 aliphatic rings. The van der Waals surface area contributed by atoms with Gasteiger partial charge in [-0.05, 0) is 43.3 Å². The minimum absolute atomic E-state index is 0.0450. The van der Waals surface area contributed by atoms with Gasteiger partial charge in [-0.1, -0.05) is 24.6 Å². The highest BCUT2D eigenvalue weighted by Crippen LogP contribution is 2.28. The quantitative estimate of drug-likeness (QED) is 0.717. The van der Waals surface area contributed by atoms with Crippen molar-refractivity contribution < 1.29 is 22.3 Å². The van der Waals surface area contributed by atoms with Crippen LogP contribution in [0.5, 0.6) is 5.75 Å². The zero-order chi connectivity index (χ0) is 20.0. The van der Waals surface area contributed by atoms with Gasteiger partial charge in [0.05, 0.1) is 23.1 Å². The van der Waals surface area contributed by atoms with E-state index in [-0.39, 0.29) is 22.2 Å². The highest BCUT2D eigenvalue weighted by molar-refractivity contribution is 7.89. The van der Waals surface area contributed by atoms with Crippen molar-refractivity contribution in [2.75, 3.05) is 25.0 Å². The molecule has 0 saturated carbocycles. The third-order valence-corrected chi connectivity index (χ3v) is 5.83. The molecular weight excluding hydrogens is 395 g/mol. The summed E-state index contributed by atoms with van der Waals surface area (Å²) >= 11 is 6.07. The molecule has 2 aromatic rings. The van der Waals surface area contributed by atoms with Gasteiger partial charge in [0.2, 0.25) is 15.9 Å². The van der Waals surface area contributed by atoms with E-state index < -0.39 is 28.3 Å². The number of ether oxygens (including phenoxy) is 1. The number of sulfonamides is 1. The van der Waals surface area contributed by atoms with Crippen LogP contribution in [0.3, 0.4) is 0 Å². The van der Waals surface area contributed by atoms with Gasteiger partial charge in [0.1, 0.15) is 11.6 Å². The molecule has 2 rings (SSSR count). The first kappa shape index (κ1) is 21.1. The Hall–Kier alpha value is -2.16. The van der Waals surface area contributed by atoms with E-state index >= 15 is 0 Å². The molecule has 27 heavy (non-hydrogen) atoms. The van der Waals surface area contributed by atoms with Crippen molar-refractivity contribution in [3.63, 3.8) is 0 Å². The van der Waals surface area contributed by atoms with Crippen LogP contribution >= 0.6 is 11.6 Å². The molecule has 0 fully saturated rings. The van der Waals surface area contributed by atoms with Crippen LogP contribution in [-0.2, 0) is 14.8 Å². The van der Waals surface area contributed by atoms with E-state index in [0.29, 0.717) is 12.4 Å². The molecule has 1 N–H and O–H groups in total. The van der Waals surface area contributed by atoms with E-state index in [9.17, 15) is 17.6 Å².